The molecule has 0 aromatic rings. The minimum atomic E-state index is -2.95. The fourth-order valence-electron chi connectivity index (χ4n) is 2.53. The lowest BCUT2D eigenvalue weighted by atomic mass is 10.0. The standard InChI is InChI=1S/C13H27NO2S/c1-5-14-12-8-6-7-11(12)9-10-17(15,16)13(2,3)4/h11-12,14H,5-10H2,1-4H3. The van der Waals surface area contributed by atoms with Crippen molar-refractivity contribution in [3.8, 4) is 0 Å². The maximum absolute atomic E-state index is 12.1. The normalized spacial score (nSPS) is 26.4. The Balaban J connectivity index is 2.51. The third-order valence-corrected chi connectivity index (χ3v) is 6.45. The lowest BCUT2D eigenvalue weighted by molar-refractivity contribution is 0.397. The molecule has 0 amide bonds. The summed E-state index contributed by atoms with van der Waals surface area (Å²) in [6, 6.07) is 0.537. The molecule has 1 rings (SSSR count). The first kappa shape index (κ1) is 15.0. The summed E-state index contributed by atoms with van der Waals surface area (Å²) in [5, 5.41) is 3.47. The first-order valence-corrected chi connectivity index (χ1v) is 8.39. The zero-order valence-electron chi connectivity index (χ0n) is 11.6. The Labute approximate surface area is 106 Å². The van der Waals surface area contributed by atoms with Gasteiger partial charge >= 0.3 is 0 Å². The molecule has 1 fully saturated rings. The lowest BCUT2D eigenvalue weighted by Gasteiger charge is -2.23. The molecule has 2 unspecified atom stereocenters. The van der Waals surface area contributed by atoms with Crippen LogP contribution in [0.2, 0.25) is 0 Å². The molecule has 0 aromatic heterocycles. The topological polar surface area (TPSA) is 46.2 Å². The van der Waals surface area contributed by atoms with Crippen LogP contribution in [0.15, 0.2) is 0 Å². The van der Waals surface area contributed by atoms with Crippen molar-refractivity contribution < 1.29 is 8.42 Å². The van der Waals surface area contributed by atoms with Crippen LogP contribution in [0, 0.1) is 5.92 Å². The largest absolute Gasteiger partial charge is 0.314 e. The summed E-state index contributed by atoms with van der Waals surface area (Å²) in [5.41, 5.74) is 0. The Morgan fingerprint density at radius 2 is 1.88 bits per heavy atom. The maximum atomic E-state index is 12.1. The van der Waals surface area contributed by atoms with E-state index in [4.69, 9.17) is 0 Å². The molecular formula is C13H27NO2S. The Hall–Kier alpha value is -0.0900. The highest BCUT2D eigenvalue weighted by Gasteiger charge is 2.32. The summed E-state index contributed by atoms with van der Waals surface area (Å²) >= 11 is 0. The molecule has 0 aromatic carbocycles. The van der Waals surface area contributed by atoms with Gasteiger partial charge < -0.3 is 5.32 Å². The van der Waals surface area contributed by atoms with Crippen molar-refractivity contribution in [2.24, 2.45) is 5.92 Å². The van der Waals surface area contributed by atoms with Crippen LogP contribution in [0.5, 0.6) is 0 Å². The minimum absolute atomic E-state index is 0.336. The molecular weight excluding hydrogens is 234 g/mol. The highest BCUT2D eigenvalue weighted by Crippen LogP contribution is 2.30. The molecule has 0 radical (unpaired) electrons. The third-order valence-electron chi connectivity index (χ3n) is 3.82. The van der Waals surface area contributed by atoms with E-state index in [2.05, 4.69) is 12.2 Å². The molecule has 4 heteroatoms. The van der Waals surface area contributed by atoms with Gasteiger partial charge in [-0.1, -0.05) is 13.3 Å². The van der Waals surface area contributed by atoms with Gasteiger partial charge in [0.2, 0.25) is 0 Å². The number of nitrogens with one attached hydrogen (secondary N) is 1. The average molecular weight is 261 g/mol. The van der Waals surface area contributed by atoms with Gasteiger partial charge in [0.15, 0.2) is 9.84 Å². The number of hydrogen-bond donors (Lipinski definition) is 1. The van der Waals surface area contributed by atoms with Crippen LogP contribution in [-0.4, -0.2) is 31.5 Å². The predicted octanol–water partition coefficient (Wildman–Crippen LogP) is 2.37. The van der Waals surface area contributed by atoms with Gasteiger partial charge in [0.05, 0.1) is 10.5 Å². The van der Waals surface area contributed by atoms with Crippen LogP contribution in [0.3, 0.4) is 0 Å². The van der Waals surface area contributed by atoms with Gasteiger partial charge in [0.1, 0.15) is 0 Å². The first-order valence-electron chi connectivity index (χ1n) is 6.73. The quantitative estimate of drug-likeness (QED) is 0.826. The fraction of sp³-hybridized carbons (Fsp3) is 1.00. The molecule has 1 aliphatic carbocycles. The Kier molecular flexibility index (Phi) is 5.02. The highest BCUT2D eigenvalue weighted by molar-refractivity contribution is 7.92. The predicted molar refractivity (Wildman–Crippen MR) is 73.0 cm³/mol. The van der Waals surface area contributed by atoms with E-state index in [0.29, 0.717) is 17.7 Å². The van der Waals surface area contributed by atoms with Gasteiger partial charge in [-0.2, -0.15) is 0 Å². The number of sulfone groups is 1. The van der Waals surface area contributed by atoms with Crippen LogP contribution in [0.25, 0.3) is 0 Å². The van der Waals surface area contributed by atoms with Crippen LogP contribution in [-0.2, 0) is 9.84 Å². The molecule has 102 valence electrons. The van der Waals surface area contributed by atoms with Crippen molar-refractivity contribution in [3.63, 3.8) is 0 Å². The van der Waals surface area contributed by atoms with Gasteiger partial charge in [-0.25, -0.2) is 8.42 Å². The maximum Gasteiger partial charge on any atom is 0.155 e. The van der Waals surface area contributed by atoms with E-state index in [1.165, 1.54) is 19.3 Å². The van der Waals surface area contributed by atoms with Crippen molar-refractivity contribution >= 4 is 9.84 Å². The van der Waals surface area contributed by atoms with E-state index < -0.39 is 14.6 Å². The van der Waals surface area contributed by atoms with Gasteiger partial charge in [0.25, 0.3) is 0 Å². The van der Waals surface area contributed by atoms with E-state index in [-0.39, 0.29) is 0 Å². The van der Waals surface area contributed by atoms with E-state index >= 15 is 0 Å². The van der Waals surface area contributed by atoms with E-state index in [9.17, 15) is 8.42 Å². The number of rotatable bonds is 5. The SMILES string of the molecule is CCNC1CCCC1CCS(=O)(=O)C(C)(C)C. The molecule has 17 heavy (non-hydrogen) atoms. The summed E-state index contributed by atoms with van der Waals surface area (Å²) in [4.78, 5) is 0. The molecule has 0 bridgehead atoms. The monoisotopic (exact) mass is 261 g/mol. The summed E-state index contributed by atoms with van der Waals surface area (Å²) in [7, 11) is -2.95. The van der Waals surface area contributed by atoms with Crippen LogP contribution in [0.1, 0.15) is 53.4 Å². The van der Waals surface area contributed by atoms with Gasteiger partial charge in [0, 0.05) is 6.04 Å². The fourth-order valence-corrected chi connectivity index (χ4v) is 3.75. The Bertz CT molecular complexity index is 330. The Morgan fingerprint density at radius 1 is 1.24 bits per heavy atom. The molecule has 3 nitrogen and oxygen atoms in total. The second-order valence-corrected chi connectivity index (χ2v) is 8.94. The summed E-state index contributed by atoms with van der Waals surface area (Å²) in [6.07, 6.45) is 4.43. The van der Waals surface area contributed by atoms with Crippen molar-refractivity contribution in [1.82, 2.24) is 5.32 Å². The third kappa shape index (κ3) is 3.95. The first-order chi connectivity index (χ1) is 7.78. The molecule has 2 atom stereocenters. The summed E-state index contributed by atoms with van der Waals surface area (Å²) in [5.74, 6) is 0.885. The van der Waals surface area contributed by atoms with Crippen LogP contribution in [0.4, 0.5) is 0 Å². The molecule has 0 heterocycles. The Morgan fingerprint density at radius 3 is 2.41 bits per heavy atom. The second-order valence-electron chi connectivity index (χ2n) is 6.08. The van der Waals surface area contributed by atoms with Gasteiger partial charge in [-0.3, -0.25) is 0 Å². The molecule has 0 spiro atoms. The highest BCUT2D eigenvalue weighted by atomic mass is 32.2. The smallest absolute Gasteiger partial charge is 0.155 e. The minimum Gasteiger partial charge on any atom is -0.314 e. The van der Waals surface area contributed by atoms with Crippen LogP contribution < -0.4 is 5.32 Å². The van der Waals surface area contributed by atoms with E-state index in [0.717, 1.165) is 13.0 Å². The molecule has 0 saturated heterocycles. The lowest BCUT2D eigenvalue weighted by Crippen LogP contribution is -2.35. The van der Waals surface area contributed by atoms with Gasteiger partial charge in [-0.15, -0.1) is 0 Å². The van der Waals surface area contributed by atoms with Crippen molar-refractivity contribution in [1.29, 1.82) is 0 Å². The van der Waals surface area contributed by atoms with E-state index in [1.54, 1.807) is 20.8 Å². The van der Waals surface area contributed by atoms with Gasteiger partial charge in [-0.05, 0) is 52.5 Å². The summed E-state index contributed by atoms with van der Waals surface area (Å²) in [6.45, 7) is 8.46. The van der Waals surface area contributed by atoms with E-state index in [1.807, 2.05) is 0 Å². The zero-order valence-corrected chi connectivity index (χ0v) is 12.4. The molecule has 0 aliphatic heterocycles. The van der Waals surface area contributed by atoms with Crippen molar-refractivity contribution in [2.45, 2.75) is 64.2 Å². The van der Waals surface area contributed by atoms with Crippen molar-refractivity contribution in [3.05, 3.63) is 0 Å². The molecule has 1 aliphatic rings. The summed E-state index contributed by atoms with van der Waals surface area (Å²) < 4.78 is 23.5. The number of hydrogen-bond acceptors (Lipinski definition) is 3. The van der Waals surface area contributed by atoms with Crippen molar-refractivity contribution in [2.75, 3.05) is 12.3 Å². The zero-order chi connectivity index (χ0) is 13.1. The molecule has 1 N–H and O–H groups in total. The average Bonchev–Trinajstić information content (AvgIpc) is 2.61. The second kappa shape index (κ2) is 5.70. The van der Waals surface area contributed by atoms with Crippen LogP contribution >= 0.6 is 0 Å². The molecule has 1 saturated carbocycles.